The molecule has 0 fully saturated rings. The molecule has 0 aliphatic rings. The fraction of sp³-hybridized carbons (Fsp3) is 0.364. The second-order valence-corrected chi connectivity index (χ2v) is 3.42. The molecule has 0 aromatic heterocycles. The number of hydrogen-bond donors (Lipinski definition) is 1. The Kier molecular flexibility index (Phi) is 2.69. The molecule has 13 heavy (non-hydrogen) atoms. The number of benzene rings is 1. The van der Waals surface area contributed by atoms with Gasteiger partial charge in [-0.3, -0.25) is 0 Å². The Bertz CT molecular complexity index is 359. The van der Waals surface area contributed by atoms with Crippen LogP contribution in [-0.4, -0.2) is 0 Å². The van der Waals surface area contributed by atoms with Gasteiger partial charge in [0.15, 0.2) is 0 Å². The van der Waals surface area contributed by atoms with Gasteiger partial charge in [-0.05, 0) is 43.5 Å². The van der Waals surface area contributed by atoms with E-state index in [1.54, 1.807) is 0 Å². The summed E-state index contributed by atoms with van der Waals surface area (Å²) >= 11 is 0. The Morgan fingerprint density at radius 1 is 1.31 bits per heavy atom. The molecule has 0 bridgehead atoms. The summed E-state index contributed by atoms with van der Waals surface area (Å²) in [6.07, 6.45) is 0. The van der Waals surface area contributed by atoms with Gasteiger partial charge in [0.1, 0.15) is 0 Å². The van der Waals surface area contributed by atoms with E-state index in [9.17, 15) is 0 Å². The van der Waals surface area contributed by atoms with Gasteiger partial charge in [-0.1, -0.05) is 6.07 Å². The number of nitrogens with two attached hydrogens (primary N) is 1. The molecule has 0 unspecified atom stereocenters. The van der Waals surface area contributed by atoms with Gasteiger partial charge in [0.2, 0.25) is 0 Å². The lowest BCUT2D eigenvalue weighted by Gasteiger charge is -2.11. The Hall–Kier alpha value is -1.33. The van der Waals surface area contributed by atoms with Crippen molar-refractivity contribution < 1.29 is 0 Å². The SMILES string of the molecule is Cc1cc([C@@H](C)N)c(C)cc1C#N. The standard InChI is InChI=1S/C11H14N2/c1-7-5-11(9(3)13)8(2)4-10(7)6-12/h4-5,9H,13H2,1-3H3/t9-/m1/s1. The maximum absolute atomic E-state index is 8.79. The minimum Gasteiger partial charge on any atom is -0.324 e. The summed E-state index contributed by atoms with van der Waals surface area (Å²) in [5.74, 6) is 0. The number of rotatable bonds is 1. The van der Waals surface area contributed by atoms with Crippen LogP contribution in [0.4, 0.5) is 0 Å². The van der Waals surface area contributed by atoms with Crippen LogP contribution >= 0.6 is 0 Å². The zero-order chi connectivity index (χ0) is 10.0. The zero-order valence-corrected chi connectivity index (χ0v) is 8.26. The van der Waals surface area contributed by atoms with Crippen molar-refractivity contribution in [2.75, 3.05) is 0 Å². The van der Waals surface area contributed by atoms with Crippen molar-refractivity contribution in [2.45, 2.75) is 26.8 Å². The Morgan fingerprint density at radius 2 is 1.92 bits per heavy atom. The highest BCUT2D eigenvalue weighted by Gasteiger charge is 2.06. The molecule has 0 radical (unpaired) electrons. The van der Waals surface area contributed by atoms with E-state index in [1.165, 1.54) is 0 Å². The van der Waals surface area contributed by atoms with Crippen molar-refractivity contribution in [1.29, 1.82) is 5.26 Å². The van der Waals surface area contributed by atoms with Gasteiger partial charge in [0.25, 0.3) is 0 Å². The molecular weight excluding hydrogens is 160 g/mol. The molecule has 1 aromatic rings. The molecule has 1 rings (SSSR count). The van der Waals surface area contributed by atoms with Gasteiger partial charge in [-0.2, -0.15) is 5.26 Å². The van der Waals surface area contributed by atoms with Crippen LogP contribution in [0.25, 0.3) is 0 Å². The summed E-state index contributed by atoms with van der Waals surface area (Å²) in [5, 5.41) is 8.79. The lowest BCUT2D eigenvalue weighted by molar-refractivity contribution is 0.808. The third-order valence-corrected chi connectivity index (χ3v) is 2.22. The molecule has 1 atom stereocenters. The zero-order valence-electron chi connectivity index (χ0n) is 8.26. The van der Waals surface area contributed by atoms with Crippen molar-refractivity contribution in [3.8, 4) is 6.07 Å². The first-order chi connectivity index (χ1) is 6.06. The molecule has 0 saturated heterocycles. The quantitative estimate of drug-likeness (QED) is 0.709. The van der Waals surface area contributed by atoms with E-state index in [1.807, 2.05) is 32.9 Å². The van der Waals surface area contributed by atoms with E-state index < -0.39 is 0 Å². The Balaban J connectivity index is 3.31. The van der Waals surface area contributed by atoms with Gasteiger partial charge in [-0.25, -0.2) is 0 Å². The van der Waals surface area contributed by atoms with Gasteiger partial charge in [0.05, 0.1) is 11.6 Å². The first kappa shape index (κ1) is 9.76. The second-order valence-electron chi connectivity index (χ2n) is 3.42. The highest BCUT2D eigenvalue weighted by atomic mass is 14.6. The third-order valence-electron chi connectivity index (χ3n) is 2.22. The average Bonchev–Trinajstić information content (AvgIpc) is 2.07. The molecule has 68 valence electrons. The fourth-order valence-corrected chi connectivity index (χ4v) is 1.45. The predicted molar refractivity (Wildman–Crippen MR) is 53.2 cm³/mol. The van der Waals surface area contributed by atoms with Crippen LogP contribution in [0.1, 0.15) is 35.2 Å². The number of hydrogen-bond acceptors (Lipinski definition) is 2. The van der Waals surface area contributed by atoms with E-state index in [0.29, 0.717) is 0 Å². The van der Waals surface area contributed by atoms with Gasteiger partial charge >= 0.3 is 0 Å². The third kappa shape index (κ3) is 1.88. The van der Waals surface area contributed by atoms with Crippen LogP contribution in [-0.2, 0) is 0 Å². The van der Waals surface area contributed by atoms with E-state index in [4.69, 9.17) is 11.0 Å². The topological polar surface area (TPSA) is 49.8 Å². The summed E-state index contributed by atoms with van der Waals surface area (Å²) in [7, 11) is 0. The van der Waals surface area contributed by atoms with Crippen LogP contribution in [0.15, 0.2) is 12.1 Å². The molecular formula is C11H14N2. The van der Waals surface area contributed by atoms with E-state index >= 15 is 0 Å². The normalized spacial score (nSPS) is 12.2. The van der Waals surface area contributed by atoms with Gasteiger partial charge in [0, 0.05) is 6.04 Å². The maximum atomic E-state index is 8.79. The fourth-order valence-electron chi connectivity index (χ4n) is 1.45. The van der Waals surface area contributed by atoms with Crippen LogP contribution in [0.5, 0.6) is 0 Å². The molecule has 0 saturated carbocycles. The summed E-state index contributed by atoms with van der Waals surface area (Å²) in [6.45, 7) is 5.87. The van der Waals surface area contributed by atoms with E-state index in [-0.39, 0.29) is 6.04 Å². The summed E-state index contributed by atoms with van der Waals surface area (Å²) in [6, 6.07) is 6.09. The molecule has 0 heterocycles. The summed E-state index contributed by atoms with van der Waals surface area (Å²) in [5.41, 5.74) is 9.75. The Labute approximate surface area is 79.0 Å². The molecule has 0 amide bonds. The van der Waals surface area contributed by atoms with Crippen LogP contribution in [0.3, 0.4) is 0 Å². The highest BCUT2D eigenvalue weighted by Crippen LogP contribution is 2.19. The summed E-state index contributed by atoms with van der Waals surface area (Å²) in [4.78, 5) is 0. The Morgan fingerprint density at radius 3 is 2.38 bits per heavy atom. The number of nitriles is 1. The minimum atomic E-state index is 0.0337. The smallest absolute Gasteiger partial charge is 0.0994 e. The monoisotopic (exact) mass is 174 g/mol. The van der Waals surface area contributed by atoms with E-state index in [0.717, 1.165) is 22.3 Å². The first-order valence-corrected chi connectivity index (χ1v) is 4.33. The van der Waals surface area contributed by atoms with Crippen LogP contribution in [0, 0.1) is 25.2 Å². The first-order valence-electron chi connectivity index (χ1n) is 4.33. The minimum absolute atomic E-state index is 0.0337. The van der Waals surface area contributed by atoms with Crippen molar-refractivity contribution in [2.24, 2.45) is 5.73 Å². The number of aryl methyl sites for hydroxylation is 2. The largest absolute Gasteiger partial charge is 0.324 e. The van der Waals surface area contributed by atoms with E-state index in [2.05, 4.69) is 6.07 Å². The van der Waals surface area contributed by atoms with Crippen LogP contribution in [0.2, 0.25) is 0 Å². The second kappa shape index (κ2) is 3.59. The van der Waals surface area contributed by atoms with Crippen molar-refractivity contribution in [3.05, 3.63) is 34.4 Å². The van der Waals surface area contributed by atoms with Crippen molar-refractivity contribution >= 4 is 0 Å². The lowest BCUT2D eigenvalue weighted by atomic mass is 9.97. The van der Waals surface area contributed by atoms with Gasteiger partial charge in [-0.15, -0.1) is 0 Å². The highest BCUT2D eigenvalue weighted by molar-refractivity contribution is 5.44. The molecule has 2 N–H and O–H groups in total. The number of nitrogens with zero attached hydrogens (tertiary/aromatic N) is 1. The molecule has 0 aliphatic carbocycles. The van der Waals surface area contributed by atoms with Crippen molar-refractivity contribution in [1.82, 2.24) is 0 Å². The van der Waals surface area contributed by atoms with Crippen LogP contribution < -0.4 is 5.73 Å². The average molecular weight is 174 g/mol. The lowest BCUT2D eigenvalue weighted by Crippen LogP contribution is -2.07. The summed E-state index contributed by atoms with van der Waals surface area (Å²) < 4.78 is 0. The van der Waals surface area contributed by atoms with Crippen molar-refractivity contribution in [3.63, 3.8) is 0 Å². The molecule has 2 nitrogen and oxygen atoms in total. The van der Waals surface area contributed by atoms with Gasteiger partial charge < -0.3 is 5.73 Å². The molecule has 2 heteroatoms. The molecule has 0 spiro atoms. The predicted octanol–water partition coefficient (Wildman–Crippen LogP) is 2.19. The maximum Gasteiger partial charge on any atom is 0.0994 e. The molecule has 1 aromatic carbocycles. The molecule has 0 aliphatic heterocycles.